The highest BCUT2D eigenvalue weighted by atomic mass is 16.3. The first-order valence-corrected chi connectivity index (χ1v) is 21.1. The molecule has 0 saturated heterocycles. The van der Waals surface area contributed by atoms with E-state index in [1.54, 1.807) is 0 Å². The second-order valence-corrected chi connectivity index (χ2v) is 16.2. The van der Waals surface area contributed by atoms with Gasteiger partial charge >= 0.3 is 0 Å². The molecule has 0 bridgehead atoms. The molecule has 0 aliphatic heterocycles. The van der Waals surface area contributed by atoms with Crippen molar-refractivity contribution in [3.05, 3.63) is 218 Å². The summed E-state index contributed by atoms with van der Waals surface area (Å²) >= 11 is 0. The highest BCUT2D eigenvalue weighted by Crippen LogP contribution is 2.52. The Bertz CT molecular complexity index is 3840. The van der Waals surface area contributed by atoms with Gasteiger partial charge in [-0.25, -0.2) is 0 Å². The predicted octanol–water partition coefficient (Wildman–Crippen LogP) is 17.2. The standard InChI is InChI=1S/C60H36O/c1-2-17-38-36-39(35-34-37(38)16-1)40-27-13-29-51(53-31-15-30-52-44-21-11-12-33-55(44)61-60(52)53)58(40)59-49-25-9-7-23-47(49)57(48-24-8-10-26-50(48)59)54-32-14-28-46-43-19-4-3-18-41(43)42-20-5-6-22-45(42)56(46)54/h1-36H. The Balaban J connectivity index is 1.19. The van der Waals surface area contributed by atoms with Gasteiger partial charge < -0.3 is 4.42 Å². The van der Waals surface area contributed by atoms with Crippen LogP contribution in [0.4, 0.5) is 0 Å². The maximum absolute atomic E-state index is 6.79. The van der Waals surface area contributed by atoms with Crippen molar-refractivity contribution in [2.45, 2.75) is 0 Å². The number of para-hydroxylation sites is 2. The Hall–Kier alpha value is -8.00. The third-order valence-corrected chi connectivity index (χ3v) is 13.0. The first kappa shape index (κ1) is 33.9. The van der Waals surface area contributed by atoms with Crippen LogP contribution in [0.3, 0.4) is 0 Å². The summed E-state index contributed by atoms with van der Waals surface area (Å²) in [5, 5.41) is 17.2. The van der Waals surface area contributed by atoms with Crippen LogP contribution in [-0.4, -0.2) is 0 Å². The molecule has 0 amide bonds. The molecule has 0 aliphatic rings. The topological polar surface area (TPSA) is 13.1 Å². The van der Waals surface area contributed by atoms with E-state index in [0.29, 0.717) is 0 Å². The number of fused-ring (bicyclic) bond motifs is 12. The van der Waals surface area contributed by atoms with Gasteiger partial charge in [-0.15, -0.1) is 0 Å². The van der Waals surface area contributed by atoms with E-state index in [2.05, 4.69) is 218 Å². The molecule has 0 N–H and O–H groups in total. The normalized spacial score (nSPS) is 11.9. The zero-order chi connectivity index (χ0) is 40.0. The van der Waals surface area contributed by atoms with Crippen LogP contribution in [0.1, 0.15) is 0 Å². The fourth-order valence-corrected chi connectivity index (χ4v) is 10.5. The van der Waals surface area contributed by atoms with Crippen molar-refractivity contribution in [2.24, 2.45) is 0 Å². The summed E-state index contributed by atoms with van der Waals surface area (Å²) < 4.78 is 6.79. The number of benzene rings is 12. The average molecular weight is 773 g/mol. The Morgan fingerprint density at radius 1 is 0.246 bits per heavy atom. The highest BCUT2D eigenvalue weighted by Gasteiger charge is 2.25. The molecule has 13 rings (SSSR count). The smallest absolute Gasteiger partial charge is 0.143 e. The summed E-state index contributed by atoms with van der Waals surface area (Å²) in [6.07, 6.45) is 0. The summed E-state index contributed by atoms with van der Waals surface area (Å²) in [6.45, 7) is 0. The van der Waals surface area contributed by atoms with Gasteiger partial charge in [0.2, 0.25) is 0 Å². The van der Waals surface area contributed by atoms with Crippen molar-refractivity contribution < 1.29 is 4.42 Å². The van der Waals surface area contributed by atoms with Crippen LogP contribution >= 0.6 is 0 Å². The van der Waals surface area contributed by atoms with Crippen LogP contribution in [0, 0.1) is 0 Å². The van der Waals surface area contributed by atoms with Crippen molar-refractivity contribution in [3.8, 4) is 44.5 Å². The van der Waals surface area contributed by atoms with Gasteiger partial charge in [0, 0.05) is 16.3 Å². The maximum atomic E-state index is 6.79. The zero-order valence-corrected chi connectivity index (χ0v) is 33.2. The van der Waals surface area contributed by atoms with E-state index in [1.165, 1.54) is 98.0 Å². The van der Waals surface area contributed by atoms with E-state index in [1.807, 2.05) is 0 Å². The summed E-state index contributed by atoms with van der Waals surface area (Å²) in [5.41, 5.74) is 11.3. The lowest BCUT2D eigenvalue weighted by molar-refractivity contribution is 0.670. The number of furan rings is 1. The van der Waals surface area contributed by atoms with Crippen molar-refractivity contribution in [1.29, 1.82) is 0 Å². The van der Waals surface area contributed by atoms with E-state index in [9.17, 15) is 0 Å². The summed E-state index contributed by atoms with van der Waals surface area (Å²) in [4.78, 5) is 0. The van der Waals surface area contributed by atoms with Crippen LogP contribution in [0.2, 0.25) is 0 Å². The Labute approximate surface area is 352 Å². The van der Waals surface area contributed by atoms with Crippen LogP contribution in [-0.2, 0) is 0 Å². The molecule has 0 aliphatic carbocycles. The molecule has 13 aromatic rings. The lowest BCUT2D eigenvalue weighted by Crippen LogP contribution is -1.96. The third kappa shape index (κ3) is 5.02. The van der Waals surface area contributed by atoms with E-state index in [-0.39, 0.29) is 0 Å². The molecule has 0 saturated carbocycles. The molecule has 1 nitrogen and oxygen atoms in total. The second-order valence-electron chi connectivity index (χ2n) is 16.2. The van der Waals surface area contributed by atoms with Crippen molar-refractivity contribution in [2.75, 3.05) is 0 Å². The Morgan fingerprint density at radius 2 is 0.705 bits per heavy atom. The van der Waals surface area contributed by atoms with E-state index >= 15 is 0 Å². The molecule has 0 radical (unpaired) electrons. The van der Waals surface area contributed by atoms with E-state index in [0.717, 1.165) is 33.1 Å². The first-order chi connectivity index (χ1) is 30.3. The minimum absolute atomic E-state index is 0.896. The quantitative estimate of drug-likeness (QED) is 0.128. The average Bonchev–Trinajstić information content (AvgIpc) is 3.72. The summed E-state index contributed by atoms with van der Waals surface area (Å²) in [6, 6.07) is 80.2. The van der Waals surface area contributed by atoms with Crippen molar-refractivity contribution in [3.63, 3.8) is 0 Å². The number of hydrogen-bond acceptors (Lipinski definition) is 1. The van der Waals surface area contributed by atoms with Crippen LogP contribution < -0.4 is 0 Å². The highest BCUT2D eigenvalue weighted by molar-refractivity contribution is 6.32. The van der Waals surface area contributed by atoms with Crippen molar-refractivity contribution in [1.82, 2.24) is 0 Å². The molecule has 12 aromatic carbocycles. The molecular weight excluding hydrogens is 737 g/mol. The summed E-state index contributed by atoms with van der Waals surface area (Å²) in [7, 11) is 0. The van der Waals surface area contributed by atoms with Gasteiger partial charge in [-0.2, -0.15) is 0 Å². The lowest BCUT2D eigenvalue weighted by Gasteiger charge is -2.23. The first-order valence-electron chi connectivity index (χ1n) is 21.1. The number of rotatable bonds is 4. The monoisotopic (exact) mass is 772 g/mol. The van der Waals surface area contributed by atoms with Crippen LogP contribution in [0.5, 0.6) is 0 Å². The fraction of sp³-hybridized carbons (Fsp3) is 0. The van der Waals surface area contributed by atoms with E-state index in [4.69, 9.17) is 4.42 Å². The van der Waals surface area contributed by atoms with Crippen LogP contribution in [0.15, 0.2) is 223 Å². The molecular formula is C60H36O. The minimum atomic E-state index is 0.896. The number of hydrogen-bond donors (Lipinski definition) is 0. The summed E-state index contributed by atoms with van der Waals surface area (Å²) in [5.74, 6) is 0. The third-order valence-electron chi connectivity index (χ3n) is 13.0. The van der Waals surface area contributed by atoms with Gasteiger partial charge in [0.1, 0.15) is 11.2 Å². The van der Waals surface area contributed by atoms with Gasteiger partial charge in [0.05, 0.1) is 0 Å². The molecule has 61 heavy (non-hydrogen) atoms. The van der Waals surface area contributed by atoms with Crippen LogP contribution in [0.25, 0.3) is 131 Å². The lowest BCUT2D eigenvalue weighted by atomic mass is 9.79. The molecule has 1 heterocycles. The Kier molecular flexibility index (Phi) is 7.37. The molecule has 0 spiro atoms. The Morgan fingerprint density at radius 3 is 1.39 bits per heavy atom. The van der Waals surface area contributed by atoms with Gasteiger partial charge in [-0.05, 0) is 116 Å². The molecule has 0 atom stereocenters. The SMILES string of the molecule is c1cc(-c2ccc3ccccc3c2)c(-c2c3ccccc3c(-c3cccc4c5ccccc5c5ccccc5c34)c3ccccc23)c(-c2cccc3c2oc2ccccc23)c1. The largest absolute Gasteiger partial charge is 0.455 e. The van der Waals surface area contributed by atoms with Crippen molar-refractivity contribution >= 4 is 86.6 Å². The zero-order valence-electron chi connectivity index (χ0n) is 33.2. The van der Waals surface area contributed by atoms with Gasteiger partial charge in [0.25, 0.3) is 0 Å². The second kappa shape index (κ2) is 13.3. The predicted molar refractivity (Wildman–Crippen MR) is 260 cm³/mol. The minimum Gasteiger partial charge on any atom is -0.455 e. The molecule has 1 heteroatoms. The van der Waals surface area contributed by atoms with E-state index < -0.39 is 0 Å². The molecule has 282 valence electrons. The van der Waals surface area contributed by atoms with Gasteiger partial charge in [-0.3, -0.25) is 0 Å². The molecule has 0 unspecified atom stereocenters. The maximum Gasteiger partial charge on any atom is 0.143 e. The van der Waals surface area contributed by atoms with Gasteiger partial charge in [0.15, 0.2) is 0 Å². The van der Waals surface area contributed by atoms with Gasteiger partial charge in [-0.1, -0.05) is 206 Å². The fourth-order valence-electron chi connectivity index (χ4n) is 10.5. The molecule has 0 fully saturated rings. The molecule has 1 aromatic heterocycles.